The molecule has 1 rings (SSSR count). The van der Waals surface area contributed by atoms with Crippen LogP contribution < -0.4 is 9.46 Å². The van der Waals surface area contributed by atoms with Crippen LogP contribution in [-0.2, 0) is 27.2 Å². The molecule has 0 saturated carbocycles. The summed E-state index contributed by atoms with van der Waals surface area (Å²) in [5.74, 6) is 0. The maximum atomic E-state index is 9.95. The van der Waals surface area contributed by atoms with E-state index in [9.17, 15) is 9.46 Å². The number of rotatable bonds is 11. The molecule has 0 aliphatic carbocycles. The van der Waals surface area contributed by atoms with Crippen LogP contribution in [0.25, 0.3) is 0 Å². The SMILES string of the molecule is CCCCCCCCCC[n+]1ccn(C)c1.COP(=O)([O-])OC. The molecule has 7 heteroatoms. The number of unbranched alkanes of at least 4 members (excludes halogenated alkanes) is 7. The predicted octanol–water partition coefficient (Wildman–Crippen LogP) is 3.20. The van der Waals surface area contributed by atoms with Gasteiger partial charge in [-0.15, -0.1) is 0 Å². The summed E-state index contributed by atoms with van der Waals surface area (Å²) in [6, 6.07) is 0. The zero-order valence-electron chi connectivity index (χ0n) is 15.1. The Bertz CT molecular complexity index is 429. The fourth-order valence-corrected chi connectivity index (χ4v) is 2.29. The number of phosphoric acid groups is 1. The molecule has 1 heterocycles. The molecule has 0 aliphatic heterocycles. The highest BCUT2D eigenvalue weighted by Gasteiger charge is 1.99. The minimum absolute atomic E-state index is 1.04. The number of hydrogen-bond acceptors (Lipinski definition) is 4. The van der Waals surface area contributed by atoms with Gasteiger partial charge in [0.25, 0.3) is 7.82 Å². The lowest BCUT2D eigenvalue weighted by Crippen LogP contribution is -2.30. The number of nitrogens with zero attached hydrogens (tertiary/aromatic N) is 2. The van der Waals surface area contributed by atoms with Gasteiger partial charge in [0.05, 0.1) is 13.6 Å². The first-order valence-corrected chi connectivity index (χ1v) is 9.84. The third kappa shape index (κ3) is 13.5. The Kier molecular flexibility index (Phi) is 13.3. The molecule has 6 nitrogen and oxygen atoms in total. The topological polar surface area (TPSA) is 67.4 Å². The molecule has 1 aromatic rings. The minimum atomic E-state index is -3.90. The van der Waals surface area contributed by atoms with Crippen molar-refractivity contribution in [3.05, 3.63) is 18.7 Å². The van der Waals surface area contributed by atoms with Gasteiger partial charge in [0.2, 0.25) is 6.33 Å². The van der Waals surface area contributed by atoms with Gasteiger partial charge in [-0.25, -0.2) is 9.13 Å². The van der Waals surface area contributed by atoms with Gasteiger partial charge < -0.3 is 13.9 Å². The summed E-state index contributed by atoms with van der Waals surface area (Å²) < 4.78 is 22.1. The van der Waals surface area contributed by atoms with E-state index < -0.39 is 7.82 Å². The quantitative estimate of drug-likeness (QED) is 0.350. The summed E-state index contributed by atoms with van der Waals surface area (Å²) >= 11 is 0. The molecule has 0 N–H and O–H groups in total. The maximum absolute atomic E-state index is 9.95. The van der Waals surface area contributed by atoms with Crippen LogP contribution in [0, 0.1) is 0 Å². The van der Waals surface area contributed by atoms with Gasteiger partial charge in [-0.3, -0.25) is 4.57 Å². The molecule has 0 saturated heterocycles. The molecule has 23 heavy (non-hydrogen) atoms. The number of imidazole rings is 1. The van der Waals surface area contributed by atoms with E-state index in [0.29, 0.717) is 0 Å². The Morgan fingerprint density at radius 1 is 1.04 bits per heavy atom. The highest BCUT2D eigenvalue weighted by atomic mass is 31.2. The van der Waals surface area contributed by atoms with Crippen molar-refractivity contribution in [1.29, 1.82) is 0 Å². The monoisotopic (exact) mass is 348 g/mol. The molecule has 0 spiro atoms. The summed E-state index contributed by atoms with van der Waals surface area (Å²) in [5, 5.41) is 0. The molecule has 0 radical (unpaired) electrons. The molecule has 0 atom stereocenters. The number of hydrogen-bond donors (Lipinski definition) is 0. The number of aromatic nitrogens is 2. The Balaban J connectivity index is 0.000000585. The summed E-state index contributed by atoms with van der Waals surface area (Å²) in [5.41, 5.74) is 0. The highest BCUT2D eigenvalue weighted by molar-refractivity contribution is 7.45. The molecule has 0 bridgehead atoms. The van der Waals surface area contributed by atoms with Crippen molar-refractivity contribution >= 4 is 7.82 Å². The van der Waals surface area contributed by atoms with Crippen LogP contribution in [0.3, 0.4) is 0 Å². The van der Waals surface area contributed by atoms with Gasteiger partial charge in [-0.05, 0) is 12.8 Å². The van der Waals surface area contributed by atoms with Gasteiger partial charge in [0.1, 0.15) is 12.4 Å². The van der Waals surface area contributed by atoms with Gasteiger partial charge in [-0.1, -0.05) is 45.4 Å². The third-order valence-corrected chi connectivity index (χ3v) is 4.44. The van der Waals surface area contributed by atoms with Crippen molar-refractivity contribution in [2.24, 2.45) is 7.05 Å². The van der Waals surface area contributed by atoms with Crippen LogP contribution in [0.5, 0.6) is 0 Å². The summed E-state index contributed by atoms with van der Waals surface area (Å²) in [6.07, 6.45) is 17.6. The van der Waals surface area contributed by atoms with Gasteiger partial charge >= 0.3 is 0 Å². The molecule has 0 unspecified atom stereocenters. The second-order valence-electron chi connectivity index (χ2n) is 5.60. The van der Waals surface area contributed by atoms with Crippen LogP contribution in [0.2, 0.25) is 0 Å². The van der Waals surface area contributed by atoms with Crippen LogP contribution in [0.15, 0.2) is 18.7 Å². The average Bonchev–Trinajstić information content (AvgIpc) is 2.96. The van der Waals surface area contributed by atoms with E-state index in [1.54, 1.807) is 0 Å². The van der Waals surface area contributed by atoms with Gasteiger partial charge in [0, 0.05) is 14.2 Å². The molecule has 0 aliphatic rings. The normalized spacial score (nSPS) is 11.2. The largest absolute Gasteiger partial charge is 0.756 e. The van der Waals surface area contributed by atoms with E-state index in [1.165, 1.54) is 57.9 Å². The van der Waals surface area contributed by atoms with Crippen molar-refractivity contribution in [3.8, 4) is 0 Å². The van der Waals surface area contributed by atoms with Crippen LogP contribution in [-0.4, -0.2) is 18.8 Å². The smallest absolute Gasteiger partial charge is 0.267 e. The Morgan fingerprint density at radius 2 is 1.57 bits per heavy atom. The molecule has 0 aromatic carbocycles. The minimum Gasteiger partial charge on any atom is -0.756 e. The third-order valence-electron chi connectivity index (χ3n) is 3.54. The highest BCUT2D eigenvalue weighted by Crippen LogP contribution is 2.34. The zero-order valence-corrected chi connectivity index (χ0v) is 16.0. The van der Waals surface area contributed by atoms with Crippen molar-refractivity contribution in [2.75, 3.05) is 14.2 Å². The Labute approximate surface area is 141 Å². The average molecular weight is 348 g/mol. The summed E-state index contributed by atoms with van der Waals surface area (Å²) in [4.78, 5) is 9.95. The van der Waals surface area contributed by atoms with Gasteiger partial charge in [0.15, 0.2) is 0 Å². The zero-order chi connectivity index (χ0) is 17.6. The van der Waals surface area contributed by atoms with E-state index in [-0.39, 0.29) is 0 Å². The lowest BCUT2D eigenvalue weighted by atomic mass is 10.1. The van der Waals surface area contributed by atoms with Crippen LogP contribution in [0.1, 0.15) is 58.3 Å². The van der Waals surface area contributed by atoms with E-state index in [2.05, 4.69) is 50.9 Å². The fourth-order valence-electron chi connectivity index (χ4n) is 2.14. The second kappa shape index (κ2) is 13.7. The van der Waals surface area contributed by atoms with E-state index >= 15 is 0 Å². The summed E-state index contributed by atoms with van der Waals surface area (Å²) in [6.45, 7) is 3.45. The van der Waals surface area contributed by atoms with Crippen LogP contribution >= 0.6 is 7.82 Å². The number of aryl methyl sites for hydroxylation is 2. The first kappa shape index (κ1) is 22.3. The lowest BCUT2D eigenvalue weighted by molar-refractivity contribution is -0.696. The van der Waals surface area contributed by atoms with Gasteiger partial charge in [-0.2, -0.15) is 0 Å². The van der Waals surface area contributed by atoms with E-state index in [4.69, 9.17) is 0 Å². The maximum Gasteiger partial charge on any atom is 0.267 e. The Morgan fingerprint density at radius 3 is 1.96 bits per heavy atom. The van der Waals surface area contributed by atoms with E-state index in [1.807, 2.05) is 0 Å². The first-order chi connectivity index (χ1) is 10.9. The Hall–Kier alpha value is -0.680. The van der Waals surface area contributed by atoms with Crippen molar-refractivity contribution in [1.82, 2.24) is 4.57 Å². The molecule has 0 amide bonds. The lowest BCUT2D eigenvalue weighted by Gasteiger charge is -2.16. The standard InChI is InChI=1S/C14H27N2.C2H7O4P/c1-3-4-5-6-7-8-9-10-11-16-13-12-15(2)14-16;1-5-7(3,4)6-2/h12-14H,3-11H2,1-2H3;1-2H3,(H,3,4)/q+1;/p-1. The molecular weight excluding hydrogens is 315 g/mol. The van der Waals surface area contributed by atoms with Crippen LogP contribution in [0.4, 0.5) is 0 Å². The van der Waals surface area contributed by atoms with Crippen molar-refractivity contribution < 1.29 is 23.1 Å². The van der Waals surface area contributed by atoms with Crippen molar-refractivity contribution in [2.45, 2.75) is 64.8 Å². The number of phosphoric ester groups is 1. The molecule has 136 valence electrons. The van der Waals surface area contributed by atoms with E-state index in [0.717, 1.165) is 14.2 Å². The molecular formula is C16H33N2O4P. The first-order valence-electron chi connectivity index (χ1n) is 8.38. The fraction of sp³-hybridized carbons (Fsp3) is 0.812. The van der Waals surface area contributed by atoms with Crippen molar-refractivity contribution in [3.63, 3.8) is 0 Å². The summed E-state index contributed by atoms with van der Waals surface area (Å²) in [7, 11) is 0.247. The predicted molar refractivity (Wildman–Crippen MR) is 89.8 cm³/mol. The second-order valence-corrected chi connectivity index (χ2v) is 7.23. The molecule has 0 fully saturated rings. The molecule has 1 aromatic heterocycles.